The molecule has 0 saturated heterocycles. The van der Waals surface area contributed by atoms with Crippen molar-refractivity contribution in [1.82, 2.24) is 5.32 Å². The van der Waals surface area contributed by atoms with Crippen LogP contribution in [0.25, 0.3) is 0 Å². The first-order chi connectivity index (χ1) is 9.04. The largest absolute Gasteiger partial charge is 0.487 e. The summed E-state index contributed by atoms with van der Waals surface area (Å²) < 4.78 is 5.49. The summed E-state index contributed by atoms with van der Waals surface area (Å²) in [4.78, 5) is 11.5. The molecule has 0 aliphatic carbocycles. The van der Waals surface area contributed by atoms with Crippen LogP contribution in [0.5, 0.6) is 5.75 Å². The lowest BCUT2D eigenvalue weighted by molar-refractivity contribution is -0.122. The van der Waals surface area contributed by atoms with Gasteiger partial charge in [0.25, 0.3) is 0 Å². The molecule has 0 fully saturated rings. The molecule has 0 unspecified atom stereocenters. The summed E-state index contributed by atoms with van der Waals surface area (Å²) in [5.41, 5.74) is 0.707. The normalized spacial score (nSPS) is 9.84. The molecule has 0 aliphatic heterocycles. The Morgan fingerprint density at radius 3 is 2.79 bits per heavy atom. The second-order valence-electron chi connectivity index (χ2n) is 4.19. The van der Waals surface area contributed by atoms with Gasteiger partial charge < -0.3 is 15.4 Å². The molecule has 0 heterocycles. The van der Waals surface area contributed by atoms with Crippen molar-refractivity contribution in [2.75, 3.05) is 11.9 Å². The zero-order valence-electron chi connectivity index (χ0n) is 11.1. The Hall–Kier alpha value is -1.88. The van der Waals surface area contributed by atoms with Crippen LogP contribution in [-0.4, -0.2) is 17.6 Å². The molecule has 0 spiro atoms. The smallest absolute Gasteiger partial charge is 0.228 e. The molecule has 0 radical (unpaired) electrons. The lowest BCUT2D eigenvalue weighted by atomic mass is 10.2. The Kier molecular flexibility index (Phi) is 6.02. The van der Waals surface area contributed by atoms with E-state index in [-0.39, 0.29) is 16.9 Å². The van der Waals surface area contributed by atoms with E-state index in [0.29, 0.717) is 18.0 Å². The Bertz CT molecular complexity index is 472. The summed E-state index contributed by atoms with van der Waals surface area (Å²) >= 11 is 5.08. The van der Waals surface area contributed by atoms with Crippen LogP contribution in [-0.2, 0) is 4.79 Å². The number of thiocarbonyl (C=S) groups is 1. The van der Waals surface area contributed by atoms with Crippen LogP contribution in [0.2, 0.25) is 0 Å². The molecule has 0 bridgehead atoms. The molecule has 1 aromatic carbocycles. The fraction of sp³-hybridized carbons (Fsp3) is 0.286. The van der Waals surface area contributed by atoms with E-state index in [0.717, 1.165) is 0 Å². The molecule has 0 saturated carbocycles. The highest BCUT2D eigenvalue weighted by molar-refractivity contribution is 7.80. The Morgan fingerprint density at radius 1 is 1.47 bits per heavy atom. The van der Waals surface area contributed by atoms with Gasteiger partial charge in [-0.15, -0.1) is 0 Å². The molecule has 0 aliphatic rings. The third-order valence-electron chi connectivity index (χ3n) is 2.25. The minimum absolute atomic E-state index is 0.119. The summed E-state index contributed by atoms with van der Waals surface area (Å²) in [6, 6.07) is 7.36. The number of hydrogen-bond donors (Lipinski definition) is 2. The van der Waals surface area contributed by atoms with Crippen LogP contribution in [0.3, 0.4) is 0 Å². The molecular formula is C14H18N2O2S. The Labute approximate surface area is 118 Å². The first kappa shape index (κ1) is 15.2. The van der Waals surface area contributed by atoms with Crippen LogP contribution in [0, 0.1) is 5.92 Å². The average molecular weight is 278 g/mol. The number of ether oxygens (including phenoxy) is 1. The van der Waals surface area contributed by atoms with E-state index in [1.54, 1.807) is 19.9 Å². The van der Waals surface area contributed by atoms with Gasteiger partial charge in [0.15, 0.2) is 5.11 Å². The molecule has 4 nitrogen and oxygen atoms in total. The first-order valence-corrected chi connectivity index (χ1v) is 6.40. The van der Waals surface area contributed by atoms with Gasteiger partial charge in [-0.1, -0.05) is 38.6 Å². The molecule has 1 amide bonds. The van der Waals surface area contributed by atoms with Crippen molar-refractivity contribution in [3.8, 4) is 5.75 Å². The third kappa shape index (κ3) is 5.09. The van der Waals surface area contributed by atoms with E-state index >= 15 is 0 Å². The second-order valence-corrected chi connectivity index (χ2v) is 4.60. The summed E-state index contributed by atoms with van der Waals surface area (Å²) in [6.07, 6.45) is 1.66. The predicted molar refractivity (Wildman–Crippen MR) is 81.3 cm³/mol. The lowest BCUT2D eigenvalue weighted by Gasteiger charge is -2.14. The van der Waals surface area contributed by atoms with E-state index in [4.69, 9.17) is 17.0 Å². The standard InChI is InChI=1S/C14H18N2O2S/c1-4-9-18-12-8-6-5-7-11(12)15-14(19)16-13(17)10(2)3/h4-8,10H,1,9H2,2-3H3,(H2,15,16,17,19). The van der Waals surface area contributed by atoms with Crippen LogP contribution in [0.15, 0.2) is 36.9 Å². The van der Waals surface area contributed by atoms with Gasteiger partial charge in [0.2, 0.25) is 5.91 Å². The van der Waals surface area contributed by atoms with Crippen molar-refractivity contribution < 1.29 is 9.53 Å². The maximum atomic E-state index is 11.5. The fourth-order valence-electron chi connectivity index (χ4n) is 1.25. The number of nitrogens with one attached hydrogen (secondary N) is 2. The highest BCUT2D eigenvalue weighted by Crippen LogP contribution is 2.23. The monoisotopic (exact) mass is 278 g/mol. The molecular weight excluding hydrogens is 260 g/mol. The lowest BCUT2D eigenvalue weighted by Crippen LogP contribution is -2.36. The molecule has 0 aromatic heterocycles. The first-order valence-electron chi connectivity index (χ1n) is 5.99. The Morgan fingerprint density at radius 2 is 2.16 bits per heavy atom. The number of para-hydroxylation sites is 2. The number of anilines is 1. The quantitative estimate of drug-likeness (QED) is 0.642. The maximum absolute atomic E-state index is 11.5. The van der Waals surface area contributed by atoms with Crippen LogP contribution in [0.4, 0.5) is 5.69 Å². The van der Waals surface area contributed by atoms with E-state index in [9.17, 15) is 4.79 Å². The van der Waals surface area contributed by atoms with Crippen molar-refractivity contribution in [2.24, 2.45) is 5.92 Å². The van der Waals surface area contributed by atoms with Crippen LogP contribution < -0.4 is 15.4 Å². The molecule has 5 heteroatoms. The third-order valence-corrected chi connectivity index (χ3v) is 2.46. The van der Waals surface area contributed by atoms with E-state index in [1.165, 1.54) is 0 Å². The van der Waals surface area contributed by atoms with Crippen molar-refractivity contribution in [2.45, 2.75) is 13.8 Å². The summed E-state index contributed by atoms with van der Waals surface area (Å²) in [5.74, 6) is 0.414. The highest BCUT2D eigenvalue weighted by atomic mass is 32.1. The average Bonchev–Trinajstić information content (AvgIpc) is 2.37. The topological polar surface area (TPSA) is 50.4 Å². The van der Waals surface area contributed by atoms with E-state index in [2.05, 4.69) is 17.2 Å². The zero-order chi connectivity index (χ0) is 14.3. The molecule has 1 aromatic rings. The molecule has 0 atom stereocenters. The van der Waals surface area contributed by atoms with Crippen molar-refractivity contribution in [1.29, 1.82) is 0 Å². The SMILES string of the molecule is C=CCOc1ccccc1NC(=S)NC(=O)C(C)C. The number of carbonyl (C=O) groups is 1. The van der Waals surface area contributed by atoms with Gasteiger partial charge in [0, 0.05) is 5.92 Å². The number of carbonyl (C=O) groups excluding carboxylic acids is 1. The zero-order valence-corrected chi connectivity index (χ0v) is 11.9. The van der Waals surface area contributed by atoms with Gasteiger partial charge in [-0.05, 0) is 24.4 Å². The summed E-state index contributed by atoms with van der Waals surface area (Å²) in [6.45, 7) is 7.61. The molecule has 102 valence electrons. The Balaban J connectivity index is 2.68. The molecule has 1 rings (SSSR count). The summed E-state index contributed by atoms with van der Waals surface area (Å²) in [7, 11) is 0. The van der Waals surface area contributed by atoms with Gasteiger partial charge in [-0.3, -0.25) is 4.79 Å². The number of amides is 1. The molecule has 19 heavy (non-hydrogen) atoms. The maximum Gasteiger partial charge on any atom is 0.228 e. The minimum atomic E-state index is -0.123. The van der Waals surface area contributed by atoms with Crippen molar-refractivity contribution in [3.63, 3.8) is 0 Å². The van der Waals surface area contributed by atoms with Gasteiger partial charge >= 0.3 is 0 Å². The number of hydrogen-bond acceptors (Lipinski definition) is 3. The predicted octanol–water partition coefficient (Wildman–Crippen LogP) is 2.72. The van der Waals surface area contributed by atoms with Crippen molar-refractivity contribution in [3.05, 3.63) is 36.9 Å². The minimum Gasteiger partial charge on any atom is -0.487 e. The van der Waals surface area contributed by atoms with Gasteiger partial charge in [0.05, 0.1) is 5.69 Å². The van der Waals surface area contributed by atoms with Crippen molar-refractivity contribution >= 4 is 28.9 Å². The number of rotatable bonds is 5. The van der Waals surface area contributed by atoms with Gasteiger partial charge in [0.1, 0.15) is 12.4 Å². The van der Waals surface area contributed by atoms with Gasteiger partial charge in [-0.25, -0.2) is 0 Å². The van der Waals surface area contributed by atoms with Crippen LogP contribution in [0.1, 0.15) is 13.8 Å². The fourth-order valence-corrected chi connectivity index (χ4v) is 1.46. The van der Waals surface area contributed by atoms with Crippen LogP contribution >= 0.6 is 12.2 Å². The van der Waals surface area contributed by atoms with E-state index in [1.807, 2.05) is 24.3 Å². The second kappa shape index (κ2) is 7.53. The molecule has 2 N–H and O–H groups in total. The number of benzene rings is 1. The van der Waals surface area contributed by atoms with Gasteiger partial charge in [-0.2, -0.15) is 0 Å². The van der Waals surface area contributed by atoms with E-state index < -0.39 is 0 Å². The highest BCUT2D eigenvalue weighted by Gasteiger charge is 2.10. The summed E-state index contributed by atoms with van der Waals surface area (Å²) in [5, 5.41) is 5.82.